The number of hydrogen-bond donors (Lipinski definition) is 1. The topological polar surface area (TPSA) is 50.2 Å². The summed E-state index contributed by atoms with van der Waals surface area (Å²) in [6.45, 7) is 1.97. The Balaban J connectivity index is 1.99. The standard InChI is InChI=1S/C16H16FNO2S2/c1-10-8-21-16(18-10)14-4-2-3-13(14)11-5-6-12(9-22(19)20)15(17)7-11/h5-8H,2-4,9H2,1H3,(H,19,20). The maximum Gasteiger partial charge on any atom is 0.157 e. The molecule has 0 saturated heterocycles. The second-order valence-electron chi connectivity index (χ2n) is 5.38. The van der Waals surface area contributed by atoms with Crippen molar-refractivity contribution in [2.75, 3.05) is 0 Å². The highest BCUT2D eigenvalue weighted by molar-refractivity contribution is 7.78. The van der Waals surface area contributed by atoms with Crippen LogP contribution in [-0.4, -0.2) is 13.7 Å². The molecule has 0 fully saturated rings. The number of halogens is 1. The molecular weight excluding hydrogens is 321 g/mol. The molecule has 1 aromatic heterocycles. The predicted octanol–water partition coefficient (Wildman–Crippen LogP) is 4.41. The van der Waals surface area contributed by atoms with Crippen LogP contribution >= 0.6 is 11.3 Å². The Morgan fingerprint density at radius 2 is 2.14 bits per heavy atom. The van der Waals surface area contributed by atoms with E-state index in [0.717, 1.165) is 41.1 Å². The number of nitrogens with zero attached hydrogens (tertiary/aromatic N) is 1. The molecular formula is C16H16FNO2S2. The Labute approximate surface area is 135 Å². The SMILES string of the molecule is Cc1csc(C2=C(c3ccc(CS(=O)O)c(F)c3)CCC2)n1. The Kier molecular flexibility index (Phi) is 4.52. The fourth-order valence-corrected chi connectivity index (χ4v) is 4.18. The van der Waals surface area contributed by atoms with Gasteiger partial charge in [-0.2, -0.15) is 0 Å². The Hall–Kier alpha value is -1.37. The summed E-state index contributed by atoms with van der Waals surface area (Å²) in [5.41, 5.74) is 4.48. The molecule has 116 valence electrons. The first-order valence-corrected chi connectivity index (χ1v) is 9.21. The summed E-state index contributed by atoms with van der Waals surface area (Å²) in [5.74, 6) is -0.599. The van der Waals surface area contributed by atoms with Crippen molar-refractivity contribution in [3.8, 4) is 0 Å². The van der Waals surface area contributed by atoms with E-state index in [2.05, 4.69) is 4.98 Å². The smallest absolute Gasteiger partial charge is 0.157 e. The molecule has 0 amide bonds. The van der Waals surface area contributed by atoms with E-state index in [-0.39, 0.29) is 11.3 Å². The van der Waals surface area contributed by atoms with Gasteiger partial charge in [-0.3, -0.25) is 0 Å². The molecule has 1 unspecified atom stereocenters. The quantitative estimate of drug-likeness (QED) is 0.841. The first-order chi connectivity index (χ1) is 10.5. The molecule has 0 bridgehead atoms. The van der Waals surface area contributed by atoms with E-state index < -0.39 is 16.9 Å². The highest BCUT2D eigenvalue weighted by Crippen LogP contribution is 2.40. The maximum atomic E-state index is 14.1. The van der Waals surface area contributed by atoms with Gasteiger partial charge in [0.1, 0.15) is 10.8 Å². The van der Waals surface area contributed by atoms with Crippen molar-refractivity contribution in [2.45, 2.75) is 31.9 Å². The molecule has 3 nitrogen and oxygen atoms in total. The van der Waals surface area contributed by atoms with Crippen LogP contribution in [0.2, 0.25) is 0 Å². The third-order valence-electron chi connectivity index (χ3n) is 3.78. The largest absolute Gasteiger partial charge is 0.306 e. The van der Waals surface area contributed by atoms with Crippen LogP contribution in [0.4, 0.5) is 4.39 Å². The molecule has 22 heavy (non-hydrogen) atoms. The second kappa shape index (κ2) is 6.40. The average Bonchev–Trinajstić information content (AvgIpc) is 3.09. The third kappa shape index (κ3) is 3.19. The van der Waals surface area contributed by atoms with Gasteiger partial charge in [-0.1, -0.05) is 12.1 Å². The van der Waals surface area contributed by atoms with Crippen molar-refractivity contribution in [2.24, 2.45) is 0 Å². The molecule has 1 aliphatic carbocycles. The number of hydrogen-bond acceptors (Lipinski definition) is 3. The van der Waals surface area contributed by atoms with E-state index in [9.17, 15) is 8.60 Å². The molecule has 2 aromatic rings. The zero-order valence-electron chi connectivity index (χ0n) is 12.1. The van der Waals surface area contributed by atoms with Crippen molar-refractivity contribution in [1.82, 2.24) is 4.98 Å². The van der Waals surface area contributed by atoms with Crippen molar-refractivity contribution < 1.29 is 13.2 Å². The number of rotatable bonds is 4. The van der Waals surface area contributed by atoms with Crippen LogP contribution < -0.4 is 0 Å². The lowest BCUT2D eigenvalue weighted by atomic mass is 10.0. The molecule has 1 aromatic carbocycles. The highest BCUT2D eigenvalue weighted by atomic mass is 32.2. The molecule has 0 saturated carbocycles. The number of aryl methyl sites for hydroxylation is 1. The van der Waals surface area contributed by atoms with Gasteiger partial charge in [0.05, 0.1) is 5.75 Å². The fourth-order valence-electron chi connectivity index (χ4n) is 2.78. The van der Waals surface area contributed by atoms with Gasteiger partial charge in [0, 0.05) is 16.6 Å². The van der Waals surface area contributed by atoms with Crippen LogP contribution in [0, 0.1) is 12.7 Å². The Morgan fingerprint density at radius 3 is 2.77 bits per heavy atom. The van der Waals surface area contributed by atoms with E-state index in [0.29, 0.717) is 0 Å². The number of allylic oxidation sites excluding steroid dienone is 2. The van der Waals surface area contributed by atoms with E-state index in [1.54, 1.807) is 17.4 Å². The summed E-state index contributed by atoms with van der Waals surface area (Å²) in [6.07, 6.45) is 2.93. The first kappa shape index (κ1) is 15.5. The number of thiazole rings is 1. The lowest BCUT2D eigenvalue weighted by Gasteiger charge is -2.08. The lowest BCUT2D eigenvalue weighted by Crippen LogP contribution is -1.98. The summed E-state index contributed by atoms with van der Waals surface area (Å²) in [4.78, 5) is 4.54. The lowest BCUT2D eigenvalue weighted by molar-refractivity contribution is 0.559. The second-order valence-corrected chi connectivity index (χ2v) is 7.17. The van der Waals surface area contributed by atoms with Crippen LogP contribution in [0.3, 0.4) is 0 Å². The van der Waals surface area contributed by atoms with Crippen LogP contribution in [0.1, 0.15) is 41.1 Å². The summed E-state index contributed by atoms with van der Waals surface area (Å²) in [5, 5.41) is 3.05. The molecule has 3 rings (SSSR count). The first-order valence-electron chi connectivity index (χ1n) is 7.05. The fraction of sp³-hybridized carbons (Fsp3) is 0.312. The summed E-state index contributed by atoms with van der Waals surface area (Å²) in [6, 6.07) is 4.92. The molecule has 6 heteroatoms. The van der Waals surface area contributed by atoms with E-state index in [1.165, 1.54) is 11.6 Å². The van der Waals surface area contributed by atoms with Gasteiger partial charge in [0.2, 0.25) is 0 Å². The van der Waals surface area contributed by atoms with Crippen molar-refractivity contribution in [3.05, 3.63) is 51.2 Å². The summed E-state index contributed by atoms with van der Waals surface area (Å²) in [7, 11) is 0. The van der Waals surface area contributed by atoms with E-state index in [1.807, 2.05) is 18.4 Å². The van der Waals surface area contributed by atoms with Gasteiger partial charge in [-0.25, -0.2) is 13.6 Å². The molecule has 0 spiro atoms. The van der Waals surface area contributed by atoms with E-state index in [4.69, 9.17) is 4.55 Å². The van der Waals surface area contributed by atoms with E-state index >= 15 is 0 Å². The normalized spacial score (nSPS) is 16.3. The van der Waals surface area contributed by atoms with Crippen molar-refractivity contribution in [3.63, 3.8) is 0 Å². The third-order valence-corrected chi connectivity index (χ3v) is 5.35. The minimum atomic E-state index is -2.03. The highest BCUT2D eigenvalue weighted by Gasteiger charge is 2.20. The Morgan fingerprint density at radius 1 is 1.36 bits per heavy atom. The van der Waals surface area contributed by atoms with Gasteiger partial charge < -0.3 is 4.55 Å². The zero-order chi connectivity index (χ0) is 15.7. The van der Waals surface area contributed by atoms with Crippen LogP contribution in [0.5, 0.6) is 0 Å². The average molecular weight is 337 g/mol. The Bertz CT molecular complexity index is 767. The van der Waals surface area contributed by atoms with Crippen LogP contribution in [0.15, 0.2) is 23.6 Å². The molecule has 1 aliphatic rings. The molecule has 0 aliphatic heterocycles. The molecule has 0 radical (unpaired) electrons. The zero-order valence-corrected chi connectivity index (χ0v) is 13.8. The predicted molar refractivity (Wildman–Crippen MR) is 88.4 cm³/mol. The minimum Gasteiger partial charge on any atom is -0.306 e. The summed E-state index contributed by atoms with van der Waals surface area (Å²) >= 11 is -0.405. The summed E-state index contributed by atoms with van der Waals surface area (Å²) < 4.78 is 33.8. The van der Waals surface area contributed by atoms with Gasteiger partial charge >= 0.3 is 0 Å². The van der Waals surface area contributed by atoms with Crippen LogP contribution in [-0.2, 0) is 16.8 Å². The molecule has 1 N–H and O–H groups in total. The van der Waals surface area contributed by atoms with Gasteiger partial charge in [-0.15, -0.1) is 11.3 Å². The monoisotopic (exact) mass is 337 g/mol. The van der Waals surface area contributed by atoms with Crippen molar-refractivity contribution >= 4 is 33.6 Å². The number of aromatic nitrogens is 1. The molecule has 1 heterocycles. The van der Waals surface area contributed by atoms with Crippen LogP contribution in [0.25, 0.3) is 11.1 Å². The number of benzene rings is 1. The minimum absolute atomic E-state index is 0.177. The van der Waals surface area contributed by atoms with Gasteiger partial charge in [-0.05, 0) is 49.0 Å². The molecule has 1 atom stereocenters. The van der Waals surface area contributed by atoms with Gasteiger partial charge in [0.15, 0.2) is 11.1 Å². The maximum absolute atomic E-state index is 14.1. The van der Waals surface area contributed by atoms with Crippen molar-refractivity contribution in [1.29, 1.82) is 0 Å². The van der Waals surface area contributed by atoms with Gasteiger partial charge in [0.25, 0.3) is 0 Å².